The van der Waals surface area contributed by atoms with Crippen molar-refractivity contribution in [1.29, 1.82) is 0 Å². The summed E-state index contributed by atoms with van der Waals surface area (Å²) in [5, 5.41) is 9.53. The van der Waals surface area contributed by atoms with Crippen LogP contribution in [0.5, 0.6) is 17.2 Å². The van der Waals surface area contributed by atoms with E-state index in [0.29, 0.717) is 12.4 Å². The zero-order valence-corrected chi connectivity index (χ0v) is 9.32. The van der Waals surface area contributed by atoms with Crippen LogP contribution in [0.1, 0.15) is 13.8 Å². The normalized spacial score (nSPS) is 9.62. The van der Waals surface area contributed by atoms with Crippen LogP contribution in [0.3, 0.4) is 0 Å². The molecular weight excluding hydrogens is 208 g/mol. The van der Waals surface area contributed by atoms with Crippen LogP contribution in [0, 0.1) is 0 Å². The molecule has 0 aliphatic rings. The first-order chi connectivity index (χ1) is 7.49. The lowest BCUT2D eigenvalue weighted by Crippen LogP contribution is -2.02. The molecule has 4 nitrogen and oxygen atoms in total. The minimum atomic E-state index is -0.481. The fourth-order valence-electron chi connectivity index (χ4n) is 1.03. The van der Waals surface area contributed by atoms with Crippen LogP contribution < -0.4 is 9.47 Å². The van der Waals surface area contributed by atoms with E-state index in [0.717, 1.165) is 5.57 Å². The molecule has 1 aromatic rings. The fraction of sp³-hybridized carbons (Fsp3) is 0.250. The molecule has 1 rings (SSSR count). The molecule has 0 amide bonds. The summed E-state index contributed by atoms with van der Waals surface area (Å²) < 4.78 is 10.1. The summed E-state index contributed by atoms with van der Waals surface area (Å²) in [6.45, 7) is 7.18. The minimum absolute atomic E-state index is 0.121. The number of aromatic hydroxyl groups is 1. The molecule has 0 saturated heterocycles. The quantitative estimate of drug-likeness (QED) is 0.482. The van der Waals surface area contributed by atoms with E-state index in [4.69, 9.17) is 9.47 Å². The van der Waals surface area contributed by atoms with Crippen LogP contribution in [0.25, 0.3) is 0 Å². The number of benzene rings is 1. The zero-order valence-electron chi connectivity index (χ0n) is 9.32. The summed E-state index contributed by atoms with van der Waals surface area (Å²) in [6.07, 6.45) is 0. The number of ether oxygens (including phenoxy) is 2. The van der Waals surface area contributed by atoms with Crippen LogP contribution in [0.15, 0.2) is 30.4 Å². The third-order valence-electron chi connectivity index (χ3n) is 1.67. The highest BCUT2D eigenvalue weighted by molar-refractivity contribution is 5.70. The van der Waals surface area contributed by atoms with E-state index >= 15 is 0 Å². The standard InChI is InChI=1S/C12H14O4/c1-8(2)7-15-10-4-5-12(11(14)6-10)16-9(3)13/h4-6,14H,1,7H2,2-3H3. The Balaban J connectivity index is 2.74. The SMILES string of the molecule is C=C(C)COc1ccc(OC(C)=O)c(O)c1. The summed E-state index contributed by atoms with van der Waals surface area (Å²) in [6, 6.07) is 4.48. The lowest BCUT2D eigenvalue weighted by atomic mass is 10.3. The second-order valence-electron chi connectivity index (χ2n) is 3.47. The van der Waals surface area contributed by atoms with E-state index in [2.05, 4.69) is 6.58 Å². The first kappa shape index (κ1) is 12.1. The van der Waals surface area contributed by atoms with Crippen molar-refractivity contribution in [3.63, 3.8) is 0 Å². The Morgan fingerprint density at radius 1 is 1.44 bits per heavy atom. The molecule has 0 saturated carbocycles. The van der Waals surface area contributed by atoms with Crippen LogP contribution >= 0.6 is 0 Å². The van der Waals surface area contributed by atoms with Gasteiger partial charge in [0.2, 0.25) is 0 Å². The Labute approximate surface area is 94.1 Å². The van der Waals surface area contributed by atoms with Gasteiger partial charge in [0.1, 0.15) is 12.4 Å². The van der Waals surface area contributed by atoms with Gasteiger partial charge in [0.05, 0.1) is 0 Å². The van der Waals surface area contributed by atoms with E-state index in [9.17, 15) is 9.90 Å². The zero-order chi connectivity index (χ0) is 12.1. The maximum Gasteiger partial charge on any atom is 0.308 e. The molecule has 1 aromatic carbocycles. The molecule has 0 bridgehead atoms. The predicted molar refractivity (Wildman–Crippen MR) is 59.7 cm³/mol. The molecule has 0 radical (unpaired) electrons. The molecule has 0 aliphatic heterocycles. The van der Waals surface area contributed by atoms with Crippen LogP contribution in [0.2, 0.25) is 0 Å². The molecule has 0 atom stereocenters. The Hall–Kier alpha value is -1.97. The van der Waals surface area contributed by atoms with Crippen molar-refractivity contribution in [2.45, 2.75) is 13.8 Å². The molecular formula is C12H14O4. The van der Waals surface area contributed by atoms with E-state index in [1.807, 2.05) is 6.92 Å². The molecule has 16 heavy (non-hydrogen) atoms. The monoisotopic (exact) mass is 222 g/mol. The van der Waals surface area contributed by atoms with Gasteiger partial charge >= 0.3 is 5.97 Å². The van der Waals surface area contributed by atoms with Gasteiger partial charge in [0, 0.05) is 13.0 Å². The number of rotatable bonds is 4. The Morgan fingerprint density at radius 2 is 2.12 bits per heavy atom. The molecule has 0 aliphatic carbocycles. The summed E-state index contributed by atoms with van der Waals surface area (Å²) in [5.74, 6) is 0.00639. The summed E-state index contributed by atoms with van der Waals surface area (Å²) in [4.78, 5) is 10.7. The average Bonchev–Trinajstić information content (AvgIpc) is 2.18. The molecule has 0 unspecified atom stereocenters. The average molecular weight is 222 g/mol. The number of hydrogen-bond acceptors (Lipinski definition) is 4. The van der Waals surface area contributed by atoms with Gasteiger partial charge in [-0.3, -0.25) is 4.79 Å². The Bertz CT molecular complexity index is 409. The second-order valence-corrected chi connectivity index (χ2v) is 3.47. The number of phenols is 1. The fourth-order valence-corrected chi connectivity index (χ4v) is 1.03. The van der Waals surface area contributed by atoms with Crippen LogP contribution in [0.4, 0.5) is 0 Å². The highest BCUT2D eigenvalue weighted by Crippen LogP contribution is 2.30. The van der Waals surface area contributed by atoms with Gasteiger partial charge in [-0.25, -0.2) is 0 Å². The molecule has 0 aromatic heterocycles. The first-order valence-corrected chi connectivity index (χ1v) is 4.77. The molecule has 4 heteroatoms. The van der Waals surface area contributed by atoms with Crippen molar-refractivity contribution < 1.29 is 19.4 Å². The van der Waals surface area contributed by atoms with Crippen molar-refractivity contribution >= 4 is 5.97 Å². The maximum atomic E-state index is 10.7. The third kappa shape index (κ3) is 3.65. The number of carbonyl (C=O) groups excluding carboxylic acids is 1. The van der Waals surface area contributed by atoms with Gasteiger partial charge in [0.25, 0.3) is 0 Å². The predicted octanol–water partition coefficient (Wildman–Crippen LogP) is 2.27. The van der Waals surface area contributed by atoms with Crippen molar-refractivity contribution in [2.75, 3.05) is 6.61 Å². The Kier molecular flexibility index (Phi) is 3.94. The van der Waals surface area contributed by atoms with E-state index < -0.39 is 5.97 Å². The molecule has 0 fully saturated rings. The number of carbonyl (C=O) groups is 1. The summed E-state index contributed by atoms with van der Waals surface area (Å²) >= 11 is 0. The van der Waals surface area contributed by atoms with Gasteiger partial charge in [-0.2, -0.15) is 0 Å². The summed E-state index contributed by atoms with van der Waals surface area (Å²) in [7, 11) is 0. The van der Waals surface area contributed by atoms with Gasteiger partial charge in [-0.1, -0.05) is 6.58 Å². The largest absolute Gasteiger partial charge is 0.504 e. The van der Waals surface area contributed by atoms with Crippen LogP contribution in [-0.2, 0) is 4.79 Å². The third-order valence-corrected chi connectivity index (χ3v) is 1.67. The maximum absolute atomic E-state index is 10.7. The molecule has 86 valence electrons. The number of hydrogen-bond donors (Lipinski definition) is 1. The lowest BCUT2D eigenvalue weighted by Gasteiger charge is -2.08. The van der Waals surface area contributed by atoms with Crippen molar-refractivity contribution in [1.82, 2.24) is 0 Å². The smallest absolute Gasteiger partial charge is 0.308 e. The van der Waals surface area contributed by atoms with Gasteiger partial charge in [0.15, 0.2) is 11.5 Å². The number of phenolic OH excluding ortho intramolecular Hbond substituents is 1. The van der Waals surface area contributed by atoms with E-state index in [1.54, 1.807) is 6.07 Å². The molecule has 0 heterocycles. The Morgan fingerprint density at radius 3 is 2.62 bits per heavy atom. The van der Waals surface area contributed by atoms with Crippen molar-refractivity contribution in [3.05, 3.63) is 30.4 Å². The van der Waals surface area contributed by atoms with Gasteiger partial charge < -0.3 is 14.6 Å². The summed E-state index contributed by atoms with van der Waals surface area (Å²) in [5.41, 5.74) is 0.878. The molecule has 0 spiro atoms. The lowest BCUT2D eigenvalue weighted by molar-refractivity contribution is -0.132. The van der Waals surface area contributed by atoms with Crippen LogP contribution in [-0.4, -0.2) is 17.7 Å². The topological polar surface area (TPSA) is 55.8 Å². The van der Waals surface area contributed by atoms with Crippen molar-refractivity contribution in [3.8, 4) is 17.2 Å². The second kappa shape index (κ2) is 5.21. The highest BCUT2D eigenvalue weighted by Gasteiger charge is 2.06. The van der Waals surface area contributed by atoms with Crippen molar-refractivity contribution in [2.24, 2.45) is 0 Å². The van der Waals surface area contributed by atoms with Gasteiger partial charge in [-0.05, 0) is 24.6 Å². The minimum Gasteiger partial charge on any atom is -0.504 e. The van der Waals surface area contributed by atoms with E-state index in [1.165, 1.54) is 19.1 Å². The first-order valence-electron chi connectivity index (χ1n) is 4.77. The number of esters is 1. The highest BCUT2D eigenvalue weighted by atomic mass is 16.5. The van der Waals surface area contributed by atoms with Gasteiger partial charge in [-0.15, -0.1) is 0 Å². The van der Waals surface area contributed by atoms with E-state index in [-0.39, 0.29) is 11.5 Å². The molecule has 1 N–H and O–H groups in total.